The first-order valence-electron chi connectivity index (χ1n) is 5.78. The molecule has 0 heterocycles. The minimum Gasteiger partial charge on any atom is -0.352 e. The van der Waals surface area contributed by atoms with Crippen LogP contribution in [0, 0.1) is 12.7 Å². The molecule has 0 aliphatic carbocycles. The Kier molecular flexibility index (Phi) is 5.47. The van der Waals surface area contributed by atoms with Crippen molar-refractivity contribution in [1.82, 2.24) is 5.32 Å². The van der Waals surface area contributed by atoms with Gasteiger partial charge in [-0.15, -0.1) is 0 Å². The molecule has 0 spiro atoms. The molecule has 0 aromatic heterocycles. The third-order valence-electron chi connectivity index (χ3n) is 2.84. The molecular formula is C13H18FNO2S. The van der Waals surface area contributed by atoms with E-state index in [2.05, 4.69) is 5.32 Å². The van der Waals surface area contributed by atoms with Gasteiger partial charge in [-0.3, -0.25) is 9.00 Å². The maximum Gasteiger partial charge on any atom is 0.251 e. The van der Waals surface area contributed by atoms with Crippen LogP contribution in [0.2, 0.25) is 0 Å². The number of carbonyl (C=O) groups excluding carboxylic acids is 1. The molecular weight excluding hydrogens is 253 g/mol. The van der Waals surface area contributed by atoms with Crippen LogP contribution in [0.15, 0.2) is 18.2 Å². The van der Waals surface area contributed by atoms with Gasteiger partial charge in [0.1, 0.15) is 5.82 Å². The van der Waals surface area contributed by atoms with Crippen LogP contribution in [0.1, 0.15) is 29.3 Å². The normalized spacial score (nSPS) is 14.0. The van der Waals surface area contributed by atoms with Crippen molar-refractivity contribution in [1.29, 1.82) is 0 Å². The summed E-state index contributed by atoms with van der Waals surface area (Å²) in [6, 6.07) is 4.08. The van der Waals surface area contributed by atoms with Crippen LogP contribution in [-0.4, -0.2) is 28.2 Å². The summed E-state index contributed by atoms with van der Waals surface area (Å²) in [7, 11) is -0.878. The molecule has 0 aliphatic rings. The quantitative estimate of drug-likeness (QED) is 0.890. The second-order valence-corrected chi connectivity index (χ2v) is 6.11. The van der Waals surface area contributed by atoms with Gasteiger partial charge in [0.2, 0.25) is 0 Å². The summed E-state index contributed by atoms with van der Waals surface area (Å²) >= 11 is 0. The highest BCUT2D eigenvalue weighted by Gasteiger charge is 2.10. The molecule has 1 aromatic carbocycles. The standard InChI is InChI=1S/C13H18FNO2S/c1-9-8-11(14)4-5-12(9)13(16)15-7-6-10(2)18(3)17/h4-5,8,10H,6-7H2,1-3H3,(H,15,16). The van der Waals surface area contributed by atoms with E-state index in [1.807, 2.05) is 6.92 Å². The highest BCUT2D eigenvalue weighted by molar-refractivity contribution is 7.84. The van der Waals surface area contributed by atoms with E-state index < -0.39 is 10.8 Å². The number of hydrogen-bond acceptors (Lipinski definition) is 2. The van der Waals surface area contributed by atoms with Gasteiger partial charge in [-0.05, 0) is 37.1 Å². The third-order valence-corrected chi connectivity index (χ3v) is 4.21. The predicted octanol–water partition coefficient (Wildman–Crippen LogP) is 2.02. The lowest BCUT2D eigenvalue weighted by Gasteiger charge is -2.10. The van der Waals surface area contributed by atoms with E-state index in [4.69, 9.17) is 0 Å². The van der Waals surface area contributed by atoms with Crippen LogP contribution in [0.25, 0.3) is 0 Å². The van der Waals surface area contributed by atoms with Gasteiger partial charge in [0, 0.05) is 34.4 Å². The monoisotopic (exact) mass is 271 g/mol. The first kappa shape index (κ1) is 14.8. The molecule has 2 unspecified atom stereocenters. The lowest BCUT2D eigenvalue weighted by molar-refractivity contribution is 0.0952. The van der Waals surface area contributed by atoms with Crippen LogP contribution in [-0.2, 0) is 10.8 Å². The van der Waals surface area contributed by atoms with E-state index in [1.165, 1.54) is 18.2 Å². The van der Waals surface area contributed by atoms with Crippen LogP contribution < -0.4 is 5.32 Å². The van der Waals surface area contributed by atoms with Gasteiger partial charge < -0.3 is 5.32 Å². The third kappa shape index (κ3) is 4.22. The topological polar surface area (TPSA) is 46.2 Å². The van der Waals surface area contributed by atoms with Crippen LogP contribution in [0.5, 0.6) is 0 Å². The molecule has 0 saturated carbocycles. The minimum absolute atomic E-state index is 0.0552. The molecule has 5 heteroatoms. The van der Waals surface area contributed by atoms with Crippen molar-refractivity contribution < 1.29 is 13.4 Å². The van der Waals surface area contributed by atoms with Gasteiger partial charge in [0.05, 0.1) is 0 Å². The lowest BCUT2D eigenvalue weighted by Crippen LogP contribution is -2.28. The number of benzene rings is 1. The Hall–Kier alpha value is -1.23. The van der Waals surface area contributed by atoms with Gasteiger partial charge in [0.25, 0.3) is 5.91 Å². The Balaban J connectivity index is 2.53. The highest BCUT2D eigenvalue weighted by Crippen LogP contribution is 2.10. The second kappa shape index (κ2) is 6.64. The Bertz CT molecular complexity index is 462. The van der Waals surface area contributed by atoms with E-state index in [-0.39, 0.29) is 17.0 Å². The number of carbonyl (C=O) groups is 1. The highest BCUT2D eigenvalue weighted by atomic mass is 32.2. The number of rotatable bonds is 5. The second-order valence-electron chi connectivity index (χ2n) is 4.31. The number of amides is 1. The summed E-state index contributed by atoms with van der Waals surface area (Å²) in [5.41, 5.74) is 1.08. The average molecular weight is 271 g/mol. The van der Waals surface area contributed by atoms with Gasteiger partial charge in [0.15, 0.2) is 0 Å². The molecule has 18 heavy (non-hydrogen) atoms. The van der Waals surface area contributed by atoms with Crippen molar-refractivity contribution in [2.24, 2.45) is 0 Å². The molecule has 1 rings (SSSR count). The summed E-state index contributed by atoms with van der Waals surface area (Å²) in [4.78, 5) is 11.8. The number of aryl methyl sites for hydroxylation is 1. The largest absolute Gasteiger partial charge is 0.352 e. The molecule has 1 aromatic rings. The lowest BCUT2D eigenvalue weighted by atomic mass is 10.1. The molecule has 1 amide bonds. The summed E-state index contributed by atoms with van der Waals surface area (Å²) in [6.45, 7) is 4.05. The molecule has 2 atom stereocenters. The van der Waals surface area contributed by atoms with Crippen molar-refractivity contribution >= 4 is 16.7 Å². The Morgan fingerprint density at radius 3 is 2.72 bits per heavy atom. The van der Waals surface area contributed by atoms with Crippen LogP contribution in [0.4, 0.5) is 4.39 Å². The molecule has 0 aliphatic heterocycles. The van der Waals surface area contributed by atoms with Gasteiger partial charge >= 0.3 is 0 Å². The van der Waals surface area contributed by atoms with E-state index in [1.54, 1.807) is 13.2 Å². The van der Waals surface area contributed by atoms with Crippen molar-refractivity contribution in [2.45, 2.75) is 25.5 Å². The molecule has 0 saturated heterocycles. The van der Waals surface area contributed by atoms with E-state index in [0.717, 1.165) is 0 Å². The number of nitrogens with one attached hydrogen (secondary N) is 1. The SMILES string of the molecule is Cc1cc(F)ccc1C(=O)NCCC(C)S(C)=O. The van der Waals surface area contributed by atoms with Crippen molar-refractivity contribution in [3.8, 4) is 0 Å². The van der Waals surface area contributed by atoms with Crippen LogP contribution >= 0.6 is 0 Å². The number of hydrogen-bond donors (Lipinski definition) is 1. The molecule has 1 N–H and O–H groups in total. The maximum absolute atomic E-state index is 12.9. The van der Waals surface area contributed by atoms with Crippen molar-refractivity contribution in [2.75, 3.05) is 12.8 Å². The fourth-order valence-corrected chi connectivity index (χ4v) is 1.98. The van der Waals surface area contributed by atoms with E-state index in [9.17, 15) is 13.4 Å². The zero-order valence-electron chi connectivity index (χ0n) is 10.8. The zero-order chi connectivity index (χ0) is 13.7. The van der Waals surface area contributed by atoms with Gasteiger partial charge in [-0.25, -0.2) is 4.39 Å². The molecule has 0 fully saturated rings. The molecule has 0 radical (unpaired) electrons. The molecule has 100 valence electrons. The van der Waals surface area contributed by atoms with Crippen molar-refractivity contribution in [3.05, 3.63) is 35.1 Å². The molecule has 0 bridgehead atoms. The van der Waals surface area contributed by atoms with Crippen LogP contribution in [0.3, 0.4) is 0 Å². The number of halogens is 1. The smallest absolute Gasteiger partial charge is 0.251 e. The summed E-state index contributed by atoms with van der Waals surface area (Å²) in [5.74, 6) is -0.569. The zero-order valence-corrected chi connectivity index (χ0v) is 11.6. The molecule has 3 nitrogen and oxygen atoms in total. The van der Waals surface area contributed by atoms with Gasteiger partial charge in [-0.2, -0.15) is 0 Å². The predicted molar refractivity (Wildman–Crippen MR) is 71.6 cm³/mol. The summed E-state index contributed by atoms with van der Waals surface area (Å²) in [5, 5.41) is 2.80. The van der Waals surface area contributed by atoms with Crippen molar-refractivity contribution in [3.63, 3.8) is 0 Å². The maximum atomic E-state index is 12.9. The van der Waals surface area contributed by atoms with E-state index >= 15 is 0 Å². The fourth-order valence-electron chi connectivity index (χ4n) is 1.53. The first-order chi connectivity index (χ1) is 8.41. The summed E-state index contributed by atoms with van der Waals surface area (Å²) < 4.78 is 24.0. The Labute approximate surface area is 109 Å². The Morgan fingerprint density at radius 1 is 1.50 bits per heavy atom. The fraction of sp³-hybridized carbons (Fsp3) is 0.462. The minimum atomic E-state index is -0.878. The van der Waals surface area contributed by atoms with E-state index in [0.29, 0.717) is 24.1 Å². The average Bonchev–Trinajstić information content (AvgIpc) is 2.28. The Morgan fingerprint density at radius 2 is 2.17 bits per heavy atom. The van der Waals surface area contributed by atoms with Gasteiger partial charge in [-0.1, -0.05) is 6.92 Å². The summed E-state index contributed by atoms with van der Waals surface area (Å²) in [6.07, 6.45) is 2.31. The first-order valence-corrected chi connectivity index (χ1v) is 7.40.